The third-order valence-corrected chi connectivity index (χ3v) is 6.27. The highest BCUT2D eigenvalue weighted by Gasteiger charge is 2.19. The van der Waals surface area contributed by atoms with E-state index in [9.17, 15) is 9.59 Å². The van der Waals surface area contributed by atoms with Crippen molar-refractivity contribution in [3.63, 3.8) is 0 Å². The maximum absolute atomic E-state index is 13.1. The number of imidazole rings is 1. The number of aryl methyl sites for hydroxylation is 1. The largest absolute Gasteiger partial charge is 0.331 e. The Kier molecular flexibility index (Phi) is 4.96. The van der Waals surface area contributed by atoms with E-state index in [4.69, 9.17) is 0 Å². The molecule has 3 aromatic heterocycles. The number of amides is 1. The first-order chi connectivity index (χ1) is 13.1. The summed E-state index contributed by atoms with van der Waals surface area (Å²) in [6.45, 7) is 1.14. The van der Waals surface area contributed by atoms with E-state index in [1.54, 1.807) is 38.9 Å². The van der Waals surface area contributed by atoms with Gasteiger partial charge in [-0.05, 0) is 35.0 Å². The lowest BCUT2D eigenvalue weighted by atomic mass is 10.3. The molecular weight excluding hydrogens is 378 g/mol. The molecule has 0 spiro atoms. The van der Waals surface area contributed by atoms with Crippen LogP contribution in [-0.2, 0) is 31.5 Å². The maximum Gasteiger partial charge on any atom is 0.329 e. The molecule has 0 aliphatic rings. The number of hydrogen-bond acceptors (Lipinski definition) is 4. The molecule has 4 aromatic rings. The quantitative estimate of drug-likeness (QED) is 0.498. The SMILES string of the molecule is Cn1c(=O)n(CC(=O)N(Cc2cccs2)Cc2cccs2)c2ccccc21. The summed E-state index contributed by atoms with van der Waals surface area (Å²) in [7, 11) is 1.74. The van der Waals surface area contributed by atoms with E-state index < -0.39 is 0 Å². The van der Waals surface area contributed by atoms with E-state index in [1.807, 2.05) is 64.2 Å². The predicted molar refractivity (Wildman–Crippen MR) is 110 cm³/mol. The summed E-state index contributed by atoms with van der Waals surface area (Å²) in [6, 6.07) is 15.6. The van der Waals surface area contributed by atoms with Crippen LogP contribution >= 0.6 is 22.7 Å². The molecule has 0 radical (unpaired) electrons. The molecule has 0 N–H and O–H groups in total. The number of benzene rings is 1. The van der Waals surface area contributed by atoms with Crippen molar-refractivity contribution in [2.75, 3.05) is 0 Å². The number of fused-ring (bicyclic) bond motifs is 1. The summed E-state index contributed by atoms with van der Waals surface area (Å²) >= 11 is 3.27. The molecular formula is C20H19N3O2S2. The van der Waals surface area contributed by atoms with Crippen molar-refractivity contribution in [3.05, 3.63) is 79.5 Å². The van der Waals surface area contributed by atoms with Crippen LogP contribution in [0.5, 0.6) is 0 Å². The molecule has 0 unspecified atom stereocenters. The first kappa shape index (κ1) is 17.8. The average molecular weight is 398 g/mol. The predicted octanol–water partition coefficient (Wildman–Crippen LogP) is 3.69. The molecule has 3 heterocycles. The number of para-hydroxylation sites is 2. The van der Waals surface area contributed by atoms with E-state index in [2.05, 4.69) is 0 Å². The molecule has 138 valence electrons. The highest BCUT2D eigenvalue weighted by molar-refractivity contribution is 7.10. The van der Waals surface area contributed by atoms with Gasteiger partial charge in [-0.3, -0.25) is 13.9 Å². The monoisotopic (exact) mass is 397 g/mol. The summed E-state index contributed by atoms with van der Waals surface area (Å²) in [5.41, 5.74) is 1.45. The van der Waals surface area contributed by atoms with Gasteiger partial charge in [0.2, 0.25) is 5.91 Å². The van der Waals surface area contributed by atoms with Crippen LogP contribution in [0, 0.1) is 0 Å². The van der Waals surface area contributed by atoms with E-state index in [-0.39, 0.29) is 18.1 Å². The second-order valence-electron chi connectivity index (χ2n) is 6.32. The minimum absolute atomic E-state index is 0.0386. The number of rotatable bonds is 6. The van der Waals surface area contributed by atoms with Crippen molar-refractivity contribution in [3.8, 4) is 0 Å². The lowest BCUT2D eigenvalue weighted by molar-refractivity contribution is -0.133. The molecule has 0 fully saturated rings. The van der Waals surface area contributed by atoms with Crippen LogP contribution in [0.1, 0.15) is 9.75 Å². The molecule has 1 aromatic carbocycles. The van der Waals surface area contributed by atoms with Gasteiger partial charge in [-0.25, -0.2) is 4.79 Å². The second-order valence-corrected chi connectivity index (χ2v) is 8.39. The van der Waals surface area contributed by atoms with Crippen molar-refractivity contribution < 1.29 is 4.79 Å². The molecule has 4 rings (SSSR count). The summed E-state index contributed by atoms with van der Waals surface area (Å²) in [5.74, 6) is -0.0600. The standard InChI is InChI=1S/C20H19N3O2S2/c1-21-17-8-2-3-9-18(17)23(20(21)25)14-19(24)22(12-15-6-4-10-26-15)13-16-7-5-11-27-16/h2-11H,12-14H2,1H3. The molecule has 0 atom stereocenters. The van der Waals surface area contributed by atoms with Gasteiger partial charge in [-0.2, -0.15) is 0 Å². The van der Waals surface area contributed by atoms with E-state index in [0.717, 1.165) is 20.8 Å². The van der Waals surface area contributed by atoms with Crippen LogP contribution in [-0.4, -0.2) is 19.9 Å². The molecule has 27 heavy (non-hydrogen) atoms. The number of thiophene rings is 2. The number of carbonyl (C=O) groups excluding carboxylic acids is 1. The zero-order valence-electron chi connectivity index (χ0n) is 14.9. The fourth-order valence-corrected chi connectivity index (χ4v) is 4.60. The van der Waals surface area contributed by atoms with Crippen LogP contribution in [0.3, 0.4) is 0 Å². The summed E-state index contributed by atoms with van der Waals surface area (Å²) in [4.78, 5) is 29.9. The van der Waals surface area contributed by atoms with Crippen LogP contribution < -0.4 is 5.69 Å². The Hall–Kier alpha value is -2.64. The van der Waals surface area contributed by atoms with E-state index >= 15 is 0 Å². The highest BCUT2D eigenvalue weighted by Crippen LogP contribution is 2.18. The number of aromatic nitrogens is 2. The lowest BCUT2D eigenvalue weighted by Crippen LogP contribution is -2.35. The average Bonchev–Trinajstić information content (AvgIpc) is 3.41. The van der Waals surface area contributed by atoms with Gasteiger partial charge in [-0.15, -0.1) is 22.7 Å². The minimum atomic E-state index is -0.170. The van der Waals surface area contributed by atoms with Crippen LogP contribution in [0.25, 0.3) is 11.0 Å². The Balaban J connectivity index is 1.64. The van der Waals surface area contributed by atoms with Crippen molar-refractivity contribution in [1.29, 1.82) is 0 Å². The first-order valence-electron chi connectivity index (χ1n) is 8.60. The maximum atomic E-state index is 13.1. The Morgan fingerprint density at radius 2 is 1.52 bits per heavy atom. The zero-order chi connectivity index (χ0) is 18.8. The third kappa shape index (κ3) is 3.61. The molecule has 0 saturated carbocycles. The van der Waals surface area contributed by atoms with Gasteiger partial charge in [0.1, 0.15) is 6.54 Å². The number of carbonyl (C=O) groups is 1. The summed E-state index contributed by atoms with van der Waals surface area (Å²) in [6.07, 6.45) is 0. The normalized spacial score (nSPS) is 11.1. The molecule has 0 aliphatic carbocycles. The van der Waals surface area contributed by atoms with Crippen molar-refractivity contribution >= 4 is 39.6 Å². The Morgan fingerprint density at radius 3 is 2.07 bits per heavy atom. The molecule has 0 bridgehead atoms. The van der Waals surface area contributed by atoms with Gasteiger partial charge < -0.3 is 4.90 Å². The second kappa shape index (κ2) is 7.54. The van der Waals surface area contributed by atoms with Crippen molar-refractivity contribution in [1.82, 2.24) is 14.0 Å². The van der Waals surface area contributed by atoms with Gasteiger partial charge in [0, 0.05) is 16.8 Å². The smallest absolute Gasteiger partial charge is 0.329 e. The Bertz CT molecular complexity index is 1070. The first-order valence-corrected chi connectivity index (χ1v) is 10.4. The van der Waals surface area contributed by atoms with E-state index in [0.29, 0.717) is 13.1 Å². The van der Waals surface area contributed by atoms with Gasteiger partial charge in [0.15, 0.2) is 0 Å². The van der Waals surface area contributed by atoms with Crippen LogP contribution in [0.4, 0.5) is 0 Å². The van der Waals surface area contributed by atoms with Crippen LogP contribution in [0.15, 0.2) is 64.1 Å². The van der Waals surface area contributed by atoms with Gasteiger partial charge >= 0.3 is 5.69 Å². The molecule has 0 saturated heterocycles. The third-order valence-electron chi connectivity index (χ3n) is 4.55. The fourth-order valence-electron chi connectivity index (χ4n) is 3.16. The molecule has 7 heteroatoms. The number of nitrogens with zero attached hydrogens (tertiary/aromatic N) is 3. The lowest BCUT2D eigenvalue weighted by Gasteiger charge is -2.22. The minimum Gasteiger partial charge on any atom is -0.331 e. The molecule has 5 nitrogen and oxygen atoms in total. The Morgan fingerprint density at radius 1 is 0.926 bits per heavy atom. The fraction of sp³-hybridized carbons (Fsp3) is 0.200. The molecule has 1 amide bonds. The topological polar surface area (TPSA) is 47.2 Å². The van der Waals surface area contributed by atoms with E-state index in [1.165, 1.54) is 0 Å². The van der Waals surface area contributed by atoms with Crippen LogP contribution in [0.2, 0.25) is 0 Å². The van der Waals surface area contributed by atoms with Gasteiger partial charge in [-0.1, -0.05) is 24.3 Å². The summed E-state index contributed by atoms with van der Waals surface area (Å²) in [5, 5.41) is 4.02. The van der Waals surface area contributed by atoms with Crippen molar-refractivity contribution in [2.45, 2.75) is 19.6 Å². The highest BCUT2D eigenvalue weighted by atomic mass is 32.1. The van der Waals surface area contributed by atoms with Crippen molar-refractivity contribution in [2.24, 2.45) is 7.05 Å². The Labute approximate surface area is 164 Å². The van der Waals surface area contributed by atoms with Gasteiger partial charge in [0.05, 0.1) is 24.1 Å². The summed E-state index contributed by atoms with van der Waals surface area (Å²) < 4.78 is 3.15. The zero-order valence-corrected chi connectivity index (χ0v) is 16.5. The number of hydrogen-bond donors (Lipinski definition) is 0. The molecule has 0 aliphatic heterocycles. The van der Waals surface area contributed by atoms with Gasteiger partial charge in [0.25, 0.3) is 0 Å².